The van der Waals surface area contributed by atoms with Gasteiger partial charge in [-0.1, -0.05) is 149 Å². The molecule has 0 rings (SSSR count). The van der Waals surface area contributed by atoms with Crippen molar-refractivity contribution < 1.29 is 47.8 Å². The van der Waals surface area contributed by atoms with Crippen molar-refractivity contribution in [2.24, 2.45) is 0 Å². The Morgan fingerprint density at radius 1 is 0.596 bits per heavy atom. The summed E-state index contributed by atoms with van der Waals surface area (Å²) in [5.74, 6) is -2.38. The lowest BCUT2D eigenvalue weighted by Crippen LogP contribution is -2.43. The van der Waals surface area contributed by atoms with E-state index in [9.17, 15) is 34.1 Å². The van der Waals surface area contributed by atoms with Crippen molar-refractivity contribution in [2.75, 3.05) is 19.8 Å². The van der Waals surface area contributed by atoms with Crippen LogP contribution in [0.3, 0.4) is 0 Å². The molecule has 0 radical (unpaired) electrons. The molecule has 0 aromatic heterocycles. The number of hydrogen-bond donors (Lipinski definition) is 4. The zero-order chi connectivity index (χ0) is 35.0. The highest BCUT2D eigenvalue weighted by Crippen LogP contribution is 2.43. The van der Waals surface area contributed by atoms with E-state index in [0.717, 1.165) is 44.9 Å². The molecule has 0 saturated carbocycles. The summed E-state index contributed by atoms with van der Waals surface area (Å²) in [6, 6.07) is -1.53. The van der Waals surface area contributed by atoms with Crippen LogP contribution in [0.2, 0.25) is 0 Å². The SMILES string of the molecule is CCCCCCCCCCCCCCCCCCCCC(=O)OCC(O)COP(=O)(O)OCC(NC(=O)CCCCCCC)C(=O)O. The third kappa shape index (κ3) is 31.5. The minimum atomic E-state index is -4.73. The molecule has 3 atom stereocenters. The third-order valence-electron chi connectivity index (χ3n) is 8.15. The van der Waals surface area contributed by atoms with Gasteiger partial charge in [0.1, 0.15) is 12.7 Å². The van der Waals surface area contributed by atoms with Gasteiger partial charge in [0.05, 0.1) is 13.2 Å². The number of carboxylic acid groups (broad SMARTS) is 1. The highest BCUT2D eigenvalue weighted by Gasteiger charge is 2.28. The van der Waals surface area contributed by atoms with Gasteiger partial charge < -0.3 is 25.2 Å². The molecule has 1 amide bonds. The van der Waals surface area contributed by atoms with E-state index in [2.05, 4.69) is 19.2 Å². The average molecular weight is 694 g/mol. The van der Waals surface area contributed by atoms with Crippen LogP contribution >= 0.6 is 7.82 Å². The fourth-order valence-electron chi connectivity index (χ4n) is 5.20. The standard InChI is InChI=1S/C35H68NO10P/c1-3-5-7-9-10-11-12-13-14-15-16-17-18-19-20-21-23-25-27-34(39)44-28-31(37)29-45-47(42,43)46-30-32(35(40)41)36-33(38)26-24-22-8-6-4-2/h31-32,37H,3-30H2,1-2H3,(H,36,38)(H,40,41)(H,42,43). The number of esters is 1. The summed E-state index contributed by atoms with van der Waals surface area (Å²) in [6.45, 7) is 2.46. The van der Waals surface area contributed by atoms with Crippen LogP contribution in [-0.4, -0.2) is 64.9 Å². The van der Waals surface area contributed by atoms with Crippen molar-refractivity contribution in [1.82, 2.24) is 5.32 Å². The Labute approximate surface area is 284 Å². The van der Waals surface area contributed by atoms with Gasteiger partial charge in [-0.15, -0.1) is 0 Å². The molecule has 47 heavy (non-hydrogen) atoms. The number of carboxylic acids is 1. The summed E-state index contributed by atoms with van der Waals surface area (Å²) in [4.78, 5) is 45.2. The number of nitrogens with one attached hydrogen (secondary N) is 1. The average Bonchev–Trinajstić information content (AvgIpc) is 3.04. The summed E-state index contributed by atoms with van der Waals surface area (Å²) in [5, 5.41) is 21.5. The first-order valence-electron chi connectivity index (χ1n) is 18.6. The van der Waals surface area contributed by atoms with Crippen molar-refractivity contribution in [3.8, 4) is 0 Å². The molecule has 0 bridgehead atoms. The van der Waals surface area contributed by atoms with Gasteiger partial charge in [-0.2, -0.15) is 0 Å². The number of aliphatic hydroxyl groups excluding tert-OH is 1. The second-order valence-corrected chi connectivity index (χ2v) is 14.2. The molecule has 0 aromatic rings. The molecule has 0 aliphatic rings. The topological polar surface area (TPSA) is 169 Å². The summed E-state index contributed by atoms with van der Waals surface area (Å²) in [7, 11) is -4.73. The molecule has 0 aromatic carbocycles. The normalized spacial score (nSPS) is 14.0. The van der Waals surface area contributed by atoms with Crippen LogP contribution in [0.1, 0.15) is 174 Å². The minimum absolute atomic E-state index is 0.144. The number of amides is 1. The quantitative estimate of drug-likeness (QED) is 0.0287. The van der Waals surface area contributed by atoms with E-state index in [1.165, 1.54) is 89.9 Å². The number of rotatable bonds is 35. The van der Waals surface area contributed by atoms with Gasteiger partial charge in [-0.05, 0) is 12.8 Å². The molecule has 12 heteroatoms. The Kier molecular flexibility index (Phi) is 30.7. The van der Waals surface area contributed by atoms with Gasteiger partial charge in [0.15, 0.2) is 6.04 Å². The van der Waals surface area contributed by atoms with Gasteiger partial charge >= 0.3 is 19.8 Å². The molecular formula is C35H68NO10P. The van der Waals surface area contributed by atoms with Crippen LogP contribution in [-0.2, 0) is 32.7 Å². The van der Waals surface area contributed by atoms with Crippen LogP contribution in [0, 0.1) is 0 Å². The molecular weight excluding hydrogens is 625 g/mol. The van der Waals surface area contributed by atoms with Crippen molar-refractivity contribution in [3.63, 3.8) is 0 Å². The number of ether oxygens (including phenoxy) is 1. The fraction of sp³-hybridized carbons (Fsp3) is 0.914. The number of phosphoric acid groups is 1. The van der Waals surface area contributed by atoms with Crippen LogP contribution in [0.15, 0.2) is 0 Å². The summed E-state index contributed by atoms with van der Waals surface area (Å²) < 4.78 is 26.6. The van der Waals surface area contributed by atoms with Crippen LogP contribution in [0.5, 0.6) is 0 Å². The van der Waals surface area contributed by atoms with Crippen molar-refractivity contribution in [1.29, 1.82) is 0 Å². The van der Waals surface area contributed by atoms with Gasteiger partial charge in [0, 0.05) is 12.8 Å². The number of phosphoric ester groups is 1. The third-order valence-corrected chi connectivity index (χ3v) is 9.10. The number of carbonyl (C=O) groups excluding carboxylic acids is 2. The highest BCUT2D eigenvalue weighted by atomic mass is 31.2. The zero-order valence-electron chi connectivity index (χ0n) is 29.6. The van der Waals surface area contributed by atoms with Crippen LogP contribution in [0.4, 0.5) is 0 Å². The monoisotopic (exact) mass is 693 g/mol. The van der Waals surface area contributed by atoms with E-state index in [0.29, 0.717) is 12.8 Å². The van der Waals surface area contributed by atoms with E-state index in [4.69, 9.17) is 13.8 Å². The highest BCUT2D eigenvalue weighted by molar-refractivity contribution is 7.47. The minimum Gasteiger partial charge on any atom is -0.480 e. The summed E-state index contributed by atoms with van der Waals surface area (Å²) in [6.07, 6.45) is 26.3. The van der Waals surface area contributed by atoms with Crippen molar-refractivity contribution in [2.45, 2.75) is 187 Å². The smallest absolute Gasteiger partial charge is 0.472 e. The van der Waals surface area contributed by atoms with Crippen LogP contribution < -0.4 is 5.32 Å². The van der Waals surface area contributed by atoms with Gasteiger partial charge in [-0.3, -0.25) is 18.6 Å². The lowest BCUT2D eigenvalue weighted by atomic mass is 10.0. The van der Waals surface area contributed by atoms with Crippen molar-refractivity contribution in [3.05, 3.63) is 0 Å². The summed E-state index contributed by atoms with van der Waals surface area (Å²) >= 11 is 0. The summed E-state index contributed by atoms with van der Waals surface area (Å²) in [5.41, 5.74) is 0. The number of unbranched alkanes of at least 4 members (excludes halogenated alkanes) is 21. The number of aliphatic carboxylic acids is 1. The van der Waals surface area contributed by atoms with E-state index in [1.54, 1.807) is 0 Å². The molecule has 0 aliphatic carbocycles. The first kappa shape index (κ1) is 45.5. The van der Waals surface area contributed by atoms with E-state index < -0.39 is 57.6 Å². The lowest BCUT2D eigenvalue weighted by molar-refractivity contribution is -0.147. The molecule has 3 unspecified atom stereocenters. The Morgan fingerprint density at radius 2 is 0.979 bits per heavy atom. The Morgan fingerprint density at radius 3 is 1.40 bits per heavy atom. The second kappa shape index (κ2) is 31.7. The number of carbonyl (C=O) groups is 3. The molecule has 278 valence electrons. The predicted octanol–water partition coefficient (Wildman–Crippen LogP) is 8.39. The van der Waals surface area contributed by atoms with Gasteiger partial charge in [0.25, 0.3) is 0 Å². The molecule has 0 fully saturated rings. The first-order chi connectivity index (χ1) is 22.6. The van der Waals surface area contributed by atoms with Gasteiger partial charge in [0.2, 0.25) is 5.91 Å². The molecule has 11 nitrogen and oxygen atoms in total. The number of aliphatic hydroxyl groups is 1. The maximum Gasteiger partial charge on any atom is 0.472 e. The van der Waals surface area contributed by atoms with E-state index >= 15 is 0 Å². The molecule has 4 N–H and O–H groups in total. The molecule has 0 saturated heterocycles. The fourth-order valence-corrected chi connectivity index (χ4v) is 5.97. The maximum absolute atomic E-state index is 12.1. The lowest BCUT2D eigenvalue weighted by Gasteiger charge is -2.18. The zero-order valence-corrected chi connectivity index (χ0v) is 30.5. The van der Waals surface area contributed by atoms with E-state index in [1.807, 2.05) is 0 Å². The largest absolute Gasteiger partial charge is 0.480 e. The molecule has 0 aliphatic heterocycles. The van der Waals surface area contributed by atoms with Crippen LogP contribution in [0.25, 0.3) is 0 Å². The Hall–Kier alpha value is -1.52. The first-order valence-corrected chi connectivity index (χ1v) is 20.1. The van der Waals surface area contributed by atoms with Gasteiger partial charge in [-0.25, -0.2) is 9.36 Å². The van der Waals surface area contributed by atoms with E-state index in [-0.39, 0.29) is 12.8 Å². The maximum atomic E-state index is 12.1. The Bertz CT molecular complexity index is 828. The molecule has 0 spiro atoms. The Balaban J connectivity index is 3.80. The number of hydrogen-bond acceptors (Lipinski definition) is 8. The molecule has 0 heterocycles. The van der Waals surface area contributed by atoms with Crippen molar-refractivity contribution >= 4 is 25.7 Å². The second-order valence-electron chi connectivity index (χ2n) is 12.8. The predicted molar refractivity (Wildman–Crippen MR) is 185 cm³/mol.